The number of ether oxygens (including phenoxy) is 1. The standard InChI is InChI=1S/C16H29N3O3/c17-11-13-6-7-14(22-13)16(21)19-9-8-18-15(20)10-12-4-2-1-3-5-12/h12-14H,1-11,17H2,(H,18,20)(H,19,21)/t13-,14+/m1/s1. The van der Waals surface area contributed by atoms with Crippen LogP contribution in [0.15, 0.2) is 0 Å². The van der Waals surface area contributed by atoms with Gasteiger partial charge < -0.3 is 21.1 Å². The number of carbonyl (C=O) groups excluding carboxylic acids is 2. The monoisotopic (exact) mass is 311 g/mol. The number of nitrogens with two attached hydrogens (primary N) is 1. The van der Waals surface area contributed by atoms with Crippen LogP contribution in [0.25, 0.3) is 0 Å². The predicted octanol–water partition coefficient (Wildman–Crippen LogP) is 0.696. The molecular formula is C16H29N3O3. The van der Waals surface area contributed by atoms with Crippen molar-refractivity contribution in [2.75, 3.05) is 19.6 Å². The lowest BCUT2D eigenvalue weighted by atomic mass is 9.87. The molecule has 1 saturated carbocycles. The second-order valence-electron chi connectivity index (χ2n) is 6.41. The fourth-order valence-electron chi connectivity index (χ4n) is 3.30. The molecule has 6 nitrogen and oxygen atoms in total. The van der Waals surface area contributed by atoms with Gasteiger partial charge in [-0.2, -0.15) is 0 Å². The molecule has 126 valence electrons. The summed E-state index contributed by atoms with van der Waals surface area (Å²) in [6.07, 6.45) is 7.96. The van der Waals surface area contributed by atoms with E-state index >= 15 is 0 Å². The van der Waals surface area contributed by atoms with Crippen molar-refractivity contribution in [1.82, 2.24) is 10.6 Å². The minimum Gasteiger partial charge on any atom is -0.364 e. The third-order valence-corrected chi connectivity index (χ3v) is 4.61. The Kier molecular flexibility index (Phi) is 7.12. The minimum absolute atomic E-state index is 0.00551. The average Bonchev–Trinajstić information content (AvgIpc) is 3.01. The van der Waals surface area contributed by atoms with Gasteiger partial charge in [-0.15, -0.1) is 0 Å². The number of amides is 2. The van der Waals surface area contributed by atoms with Gasteiger partial charge in [0, 0.05) is 26.1 Å². The molecule has 2 aliphatic rings. The molecule has 0 radical (unpaired) electrons. The Morgan fingerprint density at radius 2 is 1.73 bits per heavy atom. The van der Waals surface area contributed by atoms with Gasteiger partial charge in [-0.1, -0.05) is 19.3 Å². The fraction of sp³-hybridized carbons (Fsp3) is 0.875. The molecule has 1 aliphatic heterocycles. The maximum Gasteiger partial charge on any atom is 0.249 e. The van der Waals surface area contributed by atoms with E-state index in [9.17, 15) is 9.59 Å². The zero-order chi connectivity index (χ0) is 15.8. The lowest BCUT2D eigenvalue weighted by Crippen LogP contribution is -2.40. The number of hydrogen-bond acceptors (Lipinski definition) is 4. The fourth-order valence-corrected chi connectivity index (χ4v) is 3.30. The van der Waals surface area contributed by atoms with Crippen LogP contribution in [0, 0.1) is 5.92 Å². The first-order valence-corrected chi connectivity index (χ1v) is 8.59. The Morgan fingerprint density at radius 1 is 1.00 bits per heavy atom. The van der Waals surface area contributed by atoms with E-state index in [1.807, 2.05) is 0 Å². The molecular weight excluding hydrogens is 282 g/mol. The molecule has 0 bridgehead atoms. The zero-order valence-electron chi connectivity index (χ0n) is 13.3. The van der Waals surface area contributed by atoms with E-state index in [0.29, 0.717) is 32.0 Å². The van der Waals surface area contributed by atoms with Gasteiger partial charge in [-0.25, -0.2) is 0 Å². The predicted molar refractivity (Wildman–Crippen MR) is 84.2 cm³/mol. The summed E-state index contributed by atoms with van der Waals surface area (Å²) in [6, 6.07) is 0. The molecule has 0 aromatic carbocycles. The molecule has 1 aliphatic carbocycles. The third kappa shape index (κ3) is 5.57. The van der Waals surface area contributed by atoms with Gasteiger partial charge in [-0.3, -0.25) is 9.59 Å². The van der Waals surface area contributed by atoms with Crippen molar-refractivity contribution in [1.29, 1.82) is 0 Å². The lowest BCUT2D eigenvalue weighted by molar-refractivity contribution is -0.132. The van der Waals surface area contributed by atoms with Gasteiger partial charge in [0.2, 0.25) is 11.8 Å². The highest BCUT2D eigenvalue weighted by atomic mass is 16.5. The van der Waals surface area contributed by atoms with Crippen LogP contribution in [0.1, 0.15) is 51.4 Å². The van der Waals surface area contributed by atoms with E-state index in [0.717, 1.165) is 12.8 Å². The van der Waals surface area contributed by atoms with Crippen LogP contribution in [0.2, 0.25) is 0 Å². The SMILES string of the molecule is NC[C@H]1CC[C@@H](C(=O)NCCNC(=O)CC2CCCCC2)O1. The molecule has 4 N–H and O–H groups in total. The molecule has 1 saturated heterocycles. The minimum atomic E-state index is -0.383. The summed E-state index contributed by atoms with van der Waals surface area (Å²) in [7, 11) is 0. The van der Waals surface area contributed by atoms with Crippen LogP contribution in [-0.2, 0) is 14.3 Å². The van der Waals surface area contributed by atoms with Gasteiger partial charge in [-0.05, 0) is 31.6 Å². The van der Waals surface area contributed by atoms with Crippen molar-refractivity contribution >= 4 is 11.8 Å². The van der Waals surface area contributed by atoms with E-state index in [4.69, 9.17) is 10.5 Å². The number of rotatable bonds is 7. The van der Waals surface area contributed by atoms with Crippen molar-refractivity contribution in [3.63, 3.8) is 0 Å². The second-order valence-corrected chi connectivity index (χ2v) is 6.41. The van der Waals surface area contributed by atoms with Crippen LogP contribution >= 0.6 is 0 Å². The van der Waals surface area contributed by atoms with Gasteiger partial charge in [0.25, 0.3) is 0 Å². The van der Waals surface area contributed by atoms with E-state index in [1.54, 1.807) is 0 Å². The second kappa shape index (κ2) is 9.10. The molecule has 0 aromatic heterocycles. The first kappa shape index (κ1) is 17.2. The highest BCUT2D eigenvalue weighted by Crippen LogP contribution is 2.25. The molecule has 0 spiro atoms. The highest BCUT2D eigenvalue weighted by molar-refractivity contribution is 5.81. The maximum absolute atomic E-state index is 11.9. The normalized spacial score (nSPS) is 25.9. The van der Waals surface area contributed by atoms with Crippen LogP contribution in [0.5, 0.6) is 0 Å². The lowest BCUT2D eigenvalue weighted by Gasteiger charge is -2.20. The van der Waals surface area contributed by atoms with E-state index in [1.165, 1.54) is 32.1 Å². The average molecular weight is 311 g/mol. The Bertz CT molecular complexity index is 370. The molecule has 2 amide bonds. The number of carbonyl (C=O) groups is 2. The smallest absolute Gasteiger partial charge is 0.249 e. The summed E-state index contributed by atoms with van der Waals surface area (Å²) in [5.41, 5.74) is 5.52. The van der Waals surface area contributed by atoms with Crippen molar-refractivity contribution in [2.45, 2.75) is 63.6 Å². The molecule has 0 aromatic rings. The maximum atomic E-state index is 11.9. The molecule has 2 rings (SSSR count). The first-order chi connectivity index (χ1) is 10.7. The summed E-state index contributed by atoms with van der Waals surface area (Å²) >= 11 is 0. The van der Waals surface area contributed by atoms with Crippen molar-refractivity contribution < 1.29 is 14.3 Å². The van der Waals surface area contributed by atoms with Crippen LogP contribution in [0.3, 0.4) is 0 Å². The quantitative estimate of drug-likeness (QED) is 0.603. The van der Waals surface area contributed by atoms with Crippen LogP contribution in [0.4, 0.5) is 0 Å². The van der Waals surface area contributed by atoms with E-state index < -0.39 is 0 Å². The molecule has 6 heteroatoms. The first-order valence-electron chi connectivity index (χ1n) is 8.59. The Balaban J connectivity index is 1.53. The van der Waals surface area contributed by atoms with Gasteiger partial charge >= 0.3 is 0 Å². The van der Waals surface area contributed by atoms with Gasteiger partial charge in [0.05, 0.1) is 6.10 Å². The van der Waals surface area contributed by atoms with Crippen LogP contribution < -0.4 is 16.4 Å². The van der Waals surface area contributed by atoms with Crippen molar-refractivity contribution in [2.24, 2.45) is 11.7 Å². The van der Waals surface area contributed by atoms with Crippen molar-refractivity contribution in [3.8, 4) is 0 Å². The Morgan fingerprint density at radius 3 is 2.41 bits per heavy atom. The summed E-state index contributed by atoms with van der Waals surface area (Å²) in [5, 5.41) is 5.69. The summed E-state index contributed by atoms with van der Waals surface area (Å²) in [5.74, 6) is 0.544. The third-order valence-electron chi connectivity index (χ3n) is 4.61. The van der Waals surface area contributed by atoms with E-state index in [2.05, 4.69) is 10.6 Å². The summed E-state index contributed by atoms with van der Waals surface area (Å²) in [4.78, 5) is 23.7. The topological polar surface area (TPSA) is 93.5 Å². The highest BCUT2D eigenvalue weighted by Gasteiger charge is 2.29. The van der Waals surface area contributed by atoms with Crippen molar-refractivity contribution in [3.05, 3.63) is 0 Å². The molecule has 22 heavy (non-hydrogen) atoms. The number of nitrogens with one attached hydrogen (secondary N) is 2. The number of hydrogen-bond donors (Lipinski definition) is 3. The molecule has 2 atom stereocenters. The van der Waals surface area contributed by atoms with Gasteiger partial charge in [0.1, 0.15) is 6.10 Å². The van der Waals surface area contributed by atoms with Gasteiger partial charge in [0.15, 0.2) is 0 Å². The van der Waals surface area contributed by atoms with E-state index in [-0.39, 0.29) is 24.0 Å². The summed E-state index contributed by atoms with van der Waals surface area (Å²) in [6.45, 7) is 1.38. The molecule has 2 fully saturated rings. The zero-order valence-corrected chi connectivity index (χ0v) is 13.3. The van der Waals surface area contributed by atoms with Crippen LogP contribution in [-0.4, -0.2) is 43.7 Å². The summed E-state index contributed by atoms with van der Waals surface area (Å²) < 4.78 is 5.53. The molecule has 0 unspecified atom stereocenters. The largest absolute Gasteiger partial charge is 0.364 e. The Labute approximate surface area is 132 Å². The molecule has 1 heterocycles. The Hall–Kier alpha value is -1.14.